The Morgan fingerprint density at radius 1 is 1.37 bits per heavy atom. The molecule has 0 fully saturated rings. The fourth-order valence-electron chi connectivity index (χ4n) is 1.73. The van der Waals surface area contributed by atoms with Gasteiger partial charge in [-0.15, -0.1) is 0 Å². The van der Waals surface area contributed by atoms with Crippen molar-refractivity contribution >= 4 is 27.6 Å². The summed E-state index contributed by atoms with van der Waals surface area (Å²) in [6.45, 7) is 2.53. The van der Waals surface area contributed by atoms with Crippen LogP contribution in [0, 0.1) is 6.92 Å². The summed E-state index contributed by atoms with van der Waals surface area (Å²) in [7, 11) is 1.34. The molecule has 0 radical (unpaired) electrons. The molecule has 0 unspecified atom stereocenters. The summed E-state index contributed by atoms with van der Waals surface area (Å²) in [5.74, 6) is 0.284. The molecule has 1 N–H and O–H groups in total. The van der Waals surface area contributed by atoms with E-state index in [2.05, 4.69) is 26.0 Å². The van der Waals surface area contributed by atoms with Gasteiger partial charge < -0.3 is 14.5 Å². The summed E-state index contributed by atoms with van der Waals surface area (Å²) in [6, 6.07) is 7.73. The van der Waals surface area contributed by atoms with Gasteiger partial charge in [0.05, 0.1) is 19.2 Å². The van der Waals surface area contributed by atoms with Crippen molar-refractivity contribution in [3.63, 3.8) is 0 Å². The number of hydrogen-bond donors (Lipinski definition) is 1. The van der Waals surface area contributed by atoms with E-state index in [1.807, 2.05) is 25.1 Å². The smallest absolute Gasteiger partial charge is 0.341 e. The van der Waals surface area contributed by atoms with E-state index < -0.39 is 5.97 Å². The van der Waals surface area contributed by atoms with Gasteiger partial charge in [0.25, 0.3) is 0 Å². The van der Waals surface area contributed by atoms with Crippen LogP contribution in [0.5, 0.6) is 0 Å². The number of aryl methyl sites for hydroxylation is 1. The number of benzene rings is 1. The predicted molar refractivity (Wildman–Crippen MR) is 76.3 cm³/mol. The van der Waals surface area contributed by atoms with Crippen molar-refractivity contribution in [3.8, 4) is 0 Å². The van der Waals surface area contributed by atoms with Crippen LogP contribution in [0.25, 0.3) is 0 Å². The molecule has 0 amide bonds. The van der Waals surface area contributed by atoms with Crippen molar-refractivity contribution in [3.05, 3.63) is 51.9 Å². The van der Waals surface area contributed by atoms with Crippen LogP contribution in [0.4, 0.5) is 5.69 Å². The highest BCUT2D eigenvalue weighted by molar-refractivity contribution is 9.10. The number of esters is 1. The number of carbonyl (C=O) groups is 1. The number of ether oxygens (including phenoxy) is 1. The maximum atomic E-state index is 11.3. The van der Waals surface area contributed by atoms with Gasteiger partial charge in [0, 0.05) is 10.2 Å². The molecule has 4 nitrogen and oxygen atoms in total. The van der Waals surface area contributed by atoms with Crippen molar-refractivity contribution in [2.75, 3.05) is 12.4 Å². The molecule has 0 saturated heterocycles. The first kappa shape index (κ1) is 13.7. The Kier molecular flexibility index (Phi) is 4.27. The molecular formula is C14H14BrNO3. The molecule has 0 aliphatic rings. The van der Waals surface area contributed by atoms with E-state index >= 15 is 0 Å². The van der Waals surface area contributed by atoms with Gasteiger partial charge in [0.1, 0.15) is 12.0 Å². The van der Waals surface area contributed by atoms with Crippen LogP contribution in [-0.2, 0) is 11.3 Å². The minimum absolute atomic E-state index is 0.395. The topological polar surface area (TPSA) is 51.5 Å². The van der Waals surface area contributed by atoms with E-state index in [1.54, 1.807) is 6.07 Å². The fourth-order valence-corrected chi connectivity index (χ4v) is 2.33. The number of hydrogen-bond acceptors (Lipinski definition) is 4. The highest BCUT2D eigenvalue weighted by Crippen LogP contribution is 2.20. The lowest BCUT2D eigenvalue weighted by Crippen LogP contribution is -2.00. The maximum absolute atomic E-state index is 11.3. The zero-order chi connectivity index (χ0) is 13.8. The number of anilines is 1. The first-order valence-corrected chi connectivity index (χ1v) is 6.54. The van der Waals surface area contributed by atoms with Gasteiger partial charge in [0.15, 0.2) is 0 Å². The number of methoxy groups -OCH3 is 1. The molecule has 0 bridgehead atoms. The zero-order valence-electron chi connectivity index (χ0n) is 10.7. The van der Waals surface area contributed by atoms with Gasteiger partial charge in [-0.2, -0.15) is 0 Å². The van der Waals surface area contributed by atoms with Gasteiger partial charge in [-0.05, 0) is 36.8 Å². The van der Waals surface area contributed by atoms with Crippen molar-refractivity contribution in [2.45, 2.75) is 13.5 Å². The summed E-state index contributed by atoms with van der Waals surface area (Å²) in [5, 5.41) is 3.24. The summed E-state index contributed by atoms with van der Waals surface area (Å²) < 4.78 is 10.9. The van der Waals surface area contributed by atoms with Crippen molar-refractivity contribution in [1.29, 1.82) is 0 Å². The van der Waals surface area contributed by atoms with E-state index in [0.717, 1.165) is 15.7 Å². The third-order valence-electron chi connectivity index (χ3n) is 2.58. The van der Waals surface area contributed by atoms with Crippen molar-refractivity contribution < 1.29 is 13.9 Å². The normalized spacial score (nSPS) is 10.3. The lowest BCUT2D eigenvalue weighted by atomic mass is 10.2. The van der Waals surface area contributed by atoms with Crippen molar-refractivity contribution in [1.82, 2.24) is 0 Å². The van der Waals surface area contributed by atoms with Crippen LogP contribution in [-0.4, -0.2) is 13.1 Å². The first-order chi connectivity index (χ1) is 9.08. The Labute approximate surface area is 119 Å². The molecule has 0 spiro atoms. The molecule has 2 aromatic rings. The molecule has 0 atom stereocenters. The second kappa shape index (κ2) is 5.93. The Bertz CT molecular complexity index is 572. The summed E-state index contributed by atoms with van der Waals surface area (Å²) in [6.07, 6.45) is 1.40. The Hall–Kier alpha value is -1.75. The molecular weight excluding hydrogens is 310 g/mol. The lowest BCUT2D eigenvalue weighted by Gasteiger charge is -2.06. The van der Waals surface area contributed by atoms with Gasteiger partial charge in [0.2, 0.25) is 0 Å². The Morgan fingerprint density at radius 2 is 2.16 bits per heavy atom. The number of nitrogens with one attached hydrogen (secondary N) is 1. The van der Waals surface area contributed by atoms with Crippen LogP contribution >= 0.6 is 15.9 Å². The number of rotatable bonds is 4. The molecule has 1 aromatic carbocycles. The highest BCUT2D eigenvalue weighted by Gasteiger charge is 2.09. The van der Waals surface area contributed by atoms with E-state index in [0.29, 0.717) is 17.9 Å². The zero-order valence-corrected chi connectivity index (χ0v) is 12.3. The third-order valence-corrected chi connectivity index (χ3v) is 3.04. The molecule has 100 valence electrons. The average molecular weight is 324 g/mol. The largest absolute Gasteiger partial charge is 0.467 e. The highest BCUT2D eigenvalue weighted by atomic mass is 79.9. The Balaban J connectivity index is 2.02. The van der Waals surface area contributed by atoms with E-state index in [-0.39, 0.29) is 0 Å². The minimum Gasteiger partial charge on any atom is -0.467 e. The minimum atomic E-state index is -0.395. The lowest BCUT2D eigenvalue weighted by molar-refractivity contribution is 0.0600. The maximum Gasteiger partial charge on any atom is 0.341 e. The molecule has 2 rings (SSSR count). The van der Waals surface area contributed by atoms with Gasteiger partial charge in [-0.1, -0.05) is 15.9 Å². The van der Waals surface area contributed by atoms with Gasteiger partial charge >= 0.3 is 5.97 Å². The monoisotopic (exact) mass is 323 g/mol. The molecule has 0 aliphatic carbocycles. The Morgan fingerprint density at radius 3 is 2.84 bits per heavy atom. The summed E-state index contributed by atoms with van der Waals surface area (Å²) >= 11 is 3.45. The van der Waals surface area contributed by atoms with Crippen LogP contribution in [0.3, 0.4) is 0 Å². The third kappa shape index (κ3) is 3.61. The van der Waals surface area contributed by atoms with Crippen LogP contribution in [0.1, 0.15) is 21.7 Å². The number of furan rings is 1. The quantitative estimate of drug-likeness (QED) is 0.870. The molecule has 1 heterocycles. The number of halogens is 1. The van der Waals surface area contributed by atoms with Crippen molar-refractivity contribution in [2.24, 2.45) is 0 Å². The predicted octanol–water partition coefficient (Wildman–Crippen LogP) is 3.75. The van der Waals surface area contributed by atoms with E-state index in [9.17, 15) is 4.79 Å². The second-order valence-corrected chi connectivity index (χ2v) is 5.08. The number of carbonyl (C=O) groups excluding carboxylic acids is 1. The van der Waals surface area contributed by atoms with Crippen LogP contribution < -0.4 is 5.32 Å². The first-order valence-electron chi connectivity index (χ1n) is 5.75. The molecule has 1 aromatic heterocycles. The average Bonchev–Trinajstić information content (AvgIpc) is 2.83. The molecule has 0 aliphatic heterocycles. The summed E-state index contributed by atoms with van der Waals surface area (Å²) in [4.78, 5) is 11.3. The van der Waals surface area contributed by atoms with E-state index in [1.165, 1.54) is 13.4 Å². The molecule has 19 heavy (non-hydrogen) atoms. The standard InChI is InChI=1S/C14H14BrNO3/c1-9-3-11(15)6-12(4-9)16-7-13-5-10(8-19-13)14(17)18-2/h3-6,8,16H,7H2,1-2H3. The fraction of sp³-hybridized carbons (Fsp3) is 0.214. The summed E-state index contributed by atoms with van der Waals surface area (Å²) in [5.41, 5.74) is 2.57. The second-order valence-electron chi connectivity index (χ2n) is 4.16. The van der Waals surface area contributed by atoms with Crippen LogP contribution in [0.2, 0.25) is 0 Å². The van der Waals surface area contributed by atoms with Crippen LogP contribution in [0.15, 0.2) is 39.4 Å². The van der Waals surface area contributed by atoms with E-state index in [4.69, 9.17) is 4.42 Å². The molecule has 0 saturated carbocycles. The SMILES string of the molecule is COC(=O)c1coc(CNc2cc(C)cc(Br)c2)c1. The van der Waals surface area contributed by atoms with Gasteiger partial charge in [-0.3, -0.25) is 0 Å². The molecule has 5 heteroatoms. The van der Waals surface area contributed by atoms with Gasteiger partial charge in [-0.25, -0.2) is 4.79 Å².